The highest BCUT2D eigenvalue weighted by Crippen LogP contribution is 2.55. The zero-order valence-electron chi connectivity index (χ0n) is 15.9. The van der Waals surface area contributed by atoms with E-state index in [0.717, 1.165) is 5.75 Å². The molecule has 0 radical (unpaired) electrons. The van der Waals surface area contributed by atoms with Crippen molar-refractivity contribution in [3.8, 4) is 5.75 Å². The Morgan fingerprint density at radius 3 is 2.04 bits per heavy atom. The van der Waals surface area contributed by atoms with E-state index in [0.29, 0.717) is 18.6 Å². The standard InChI is InChI=1S/C22H33NO2/c1-23(2)19-13-14-20-21(15-19)24-16-25-22(20,17-9-5-3-6-10-17)18-11-7-4-8-12-18/h13-15,17-18H,3-12,16H2,1-2H3. The van der Waals surface area contributed by atoms with Crippen molar-refractivity contribution in [2.45, 2.75) is 69.8 Å². The number of fused-ring (bicyclic) bond motifs is 1. The van der Waals surface area contributed by atoms with Crippen LogP contribution in [0.2, 0.25) is 0 Å². The van der Waals surface area contributed by atoms with Crippen molar-refractivity contribution in [2.24, 2.45) is 11.8 Å². The van der Waals surface area contributed by atoms with E-state index in [1.54, 1.807) is 0 Å². The summed E-state index contributed by atoms with van der Waals surface area (Å²) in [5.74, 6) is 2.36. The van der Waals surface area contributed by atoms with Crippen LogP contribution in [0, 0.1) is 11.8 Å². The first kappa shape index (κ1) is 17.2. The second kappa shape index (κ2) is 7.19. The van der Waals surface area contributed by atoms with Gasteiger partial charge in [-0.3, -0.25) is 0 Å². The van der Waals surface area contributed by atoms with Gasteiger partial charge < -0.3 is 14.4 Å². The van der Waals surface area contributed by atoms with Gasteiger partial charge in [0.25, 0.3) is 0 Å². The van der Waals surface area contributed by atoms with Gasteiger partial charge in [0.05, 0.1) is 0 Å². The Balaban J connectivity index is 1.78. The molecule has 1 aromatic rings. The van der Waals surface area contributed by atoms with Crippen LogP contribution in [0.4, 0.5) is 5.69 Å². The lowest BCUT2D eigenvalue weighted by Crippen LogP contribution is -2.49. The Kier molecular flexibility index (Phi) is 4.95. The van der Waals surface area contributed by atoms with Crippen LogP contribution < -0.4 is 9.64 Å². The molecule has 0 atom stereocenters. The number of hydrogen-bond acceptors (Lipinski definition) is 3. The van der Waals surface area contributed by atoms with Gasteiger partial charge in [-0.1, -0.05) is 44.6 Å². The van der Waals surface area contributed by atoms with Crippen molar-refractivity contribution in [2.75, 3.05) is 25.8 Å². The first-order chi connectivity index (χ1) is 12.2. The summed E-state index contributed by atoms with van der Waals surface area (Å²) in [6, 6.07) is 6.78. The summed E-state index contributed by atoms with van der Waals surface area (Å²) >= 11 is 0. The average Bonchev–Trinajstić information content (AvgIpc) is 2.68. The van der Waals surface area contributed by atoms with Gasteiger partial charge in [-0.2, -0.15) is 0 Å². The Hall–Kier alpha value is -1.22. The van der Waals surface area contributed by atoms with Gasteiger partial charge in [-0.05, 0) is 43.6 Å². The summed E-state index contributed by atoms with van der Waals surface area (Å²) in [6.45, 7) is 0.414. The van der Waals surface area contributed by atoms with Gasteiger partial charge in [-0.25, -0.2) is 0 Å². The van der Waals surface area contributed by atoms with Crippen molar-refractivity contribution in [3.05, 3.63) is 23.8 Å². The molecule has 4 rings (SSSR count). The maximum atomic E-state index is 6.64. The molecule has 1 aliphatic heterocycles. The topological polar surface area (TPSA) is 21.7 Å². The molecular formula is C22H33NO2. The van der Waals surface area contributed by atoms with Crippen LogP contribution in [-0.4, -0.2) is 20.9 Å². The Morgan fingerprint density at radius 2 is 1.48 bits per heavy atom. The van der Waals surface area contributed by atoms with E-state index in [9.17, 15) is 0 Å². The SMILES string of the molecule is CN(C)c1ccc2c(c1)OCOC2(C1CCCCC1)C1CCCCC1. The van der Waals surface area contributed by atoms with E-state index in [2.05, 4.69) is 37.2 Å². The van der Waals surface area contributed by atoms with Crippen molar-refractivity contribution in [1.82, 2.24) is 0 Å². The zero-order chi connectivity index (χ0) is 17.3. The molecule has 1 heterocycles. The molecule has 2 fully saturated rings. The third-order valence-corrected chi connectivity index (χ3v) is 6.84. The molecule has 0 N–H and O–H groups in total. The highest BCUT2D eigenvalue weighted by Gasteiger charge is 2.51. The van der Waals surface area contributed by atoms with Gasteiger partial charge in [0.15, 0.2) is 6.79 Å². The van der Waals surface area contributed by atoms with Gasteiger partial charge in [0, 0.05) is 31.4 Å². The summed E-state index contributed by atoms with van der Waals surface area (Å²) in [5.41, 5.74) is 2.43. The Morgan fingerprint density at radius 1 is 0.880 bits per heavy atom. The number of nitrogens with zero attached hydrogens (tertiary/aromatic N) is 1. The number of rotatable bonds is 3. The smallest absolute Gasteiger partial charge is 0.190 e. The summed E-state index contributed by atoms with van der Waals surface area (Å²) in [7, 11) is 4.19. The van der Waals surface area contributed by atoms with Crippen LogP contribution >= 0.6 is 0 Å². The number of anilines is 1. The highest BCUT2D eigenvalue weighted by atomic mass is 16.7. The van der Waals surface area contributed by atoms with Crippen LogP contribution in [0.15, 0.2) is 18.2 Å². The van der Waals surface area contributed by atoms with E-state index in [4.69, 9.17) is 9.47 Å². The van der Waals surface area contributed by atoms with E-state index >= 15 is 0 Å². The molecule has 0 aromatic heterocycles. The van der Waals surface area contributed by atoms with E-state index in [-0.39, 0.29) is 5.60 Å². The van der Waals surface area contributed by atoms with E-state index in [1.807, 2.05) is 0 Å². The van der Waals surface area contributed by atoms with E-state index in [1.165, 1.54) is 75.5 Å². The summed E-state index contributed by atoms with van der Waals surface area (Å²) in [6.07, 6.45) is 13.4. The minimum Gasteiger partial charge on any atom is -0.467 e. The second-order valence-electron chi connectivity index (χ2n) is 8.44. The summed E-state index contributed by atoms with van der Waals surface area (Å²) < 4.78 is 12.6. The zero-order valence-corrected chi connectivity index (χ0v) is 15.9. The number of benzene rings is 1. The molecule has 138 valence electrons. The number of hydrogen-bond donors (Lipinski definition) is 0. The van der Waals surface area contributed by atoms with Crippen LogP contribution in [0.5, 0.6) is 5.75 Å². The first-order valence-electron chi connectivity index (χ1n) is 10.3. The summed E-state index contributed by atoms with van der Waals surface area (Å²) in [5, 5.41) is 0. The lowest BCUT2D eigenvalue weighted by Gasteiger charge is -2.51. The summed E-state index contributed by atoms with van der Waals surface area (Å²) in [4.78, 5) is 2.15. The third kappa shape index (κ3) is 3.05. The normalized spacial score (nSPS) is 24.4. The minimum absolute atomic E-state index is 0.112. The first-order valence-corrected chi connectivity index (χ1v) is 10.3. The number of ether oxygens (including phenoxy) is 2. The van der Waals surface area contributed by atoms with Crippen molar-refractivity contribution < 1.29 is 9.47 Å². The quantitative estimate of drug-likeness (QED) is 0.726. The largest absolute Gasteiger partial charge is 0.467 e. The fourth-order valence-electron chi connectivity index (χ4n) is 5.57. The minimum atomic E-state index is -0.112. The molecule has 1 aromatic carbocycles. The molecule has 3 aliphatic rings. The molecular weight excluding hydrogens is 310 g/mol. The predicted octanol–water partition coefficient (Wildman–Crippen LogP) is 5.48. The molecule has 0 unspecified atom stereocenters. The van der Waals surface area contributed by atoms with E-state index < -0.39 is 0 Å². The maximum absolute atomic E-state index is 6.64. The molecule has 3 nitrogen and oxygen atoms in total. The fourth-order valence-corrected chi connectivity index (χ4v) is 5.57. The van der Waals surface area contributed by atoms with Crippen LogP contribution in [0.25, 0.3) is 0 Å². The molecule has 0 amide bonds. The molecule has 0 saturated heterocycles. The lowest BCUT2D eigenvalue weighted by atomic mass is 9.63. The van der Waals surface area contributed by atoms with Crippen molar-refractivity contribution in [1.29, 1.82) is 0 Å². The van der Waals surface area contributed by atoms with Gasteiger partial charge >= 0.3 is 0 Å². The highest BCUT2D eigenvalue weighted by molar-refractivity contribution is 5.55. The van der Waals surface area contributed by atoms with Crippen LogP contribution in [0.1, 0.15) is 69.8 Å². The maximum Gasteiger partial charge on any atom is 0.190 e. The second-order valence-corrected chi connectivity index (χ2v) is 8.44. The van der Waals surface area contributed by atoms with Crippen LogP contribution in [-0.2, 0) is 10.3 Å². The monoisotopic (exact) mass is 343 g/mol. The lowest BCUT2D eigenvalue weighted by molar-refractivity contribution is -0.202. The molecule has 0 spiro atoms. The average molecular weight is 344 g/mol. The Labute approximate surface area is 152 Å². The molecule has 2 saturated carbocycles. The molecule has 2 aliphatic carbocycles. The third-order valence-electron chi connectivity index (χ3n) is 6.84. The molecule has 0 bridgehead atoms. The molecule has 25 heavy (non-hydrogen) atoms. The van der Waals surface area contributed by atoms with Gasteiger partial charge in [-0.15, -0.1) is 0 Å². The van der Waals surface area contributed by atoms with Crippen LogP contribution in [0.3, 0.4) is 0 Å². The van der Waals surface area contributed by atoms with Crippen molar-refractivity contribution in [3.63, 3.8) is 0 Å². The van der Waals surface area contributed by atoms with Gasteiger partial charge in [0.1, 0.15) is 11.4 Å². The Bertz CT molecular complexity index is 568. The predicted molar refractivity (Wildman–Crippen MR) is 102 cm³/mol. The van der Waals surface area contributed by atoms with Gasteiger partial charge in [0.2, 0.25) is 0 Å². The fraction of sp³-hybridized carbons (Fsp3) is 0.727. The van der Waals surface area contributed by atoms with Crippen molar-refractivity contribution >= 4 is 5.69 Å². The molecule has 3 heteroatoms.